The molecule has 1 aromatic heterocycles. The van der Waals surface area contributed by atoms with Crippen LogP contribution >= 0.6 is 0 Å². The van der Waals surface area contributed by atoms with Crippen molar-refractivity contribution in [3.05, 3.63) is 248 Å². The van der Waals surface area contributed by atoms with Crippen molar-refractivity contribution in [3.63, 3.8) is 0 Å². The smallest absolute Gasteiger partial charge is 0.159 e. The Balaban J connectivity index is 0.909. The van der Waals surface area contributed by atoms with E-state index >= 15 is 0 Å². The van der Waals surface area contributed by atoms with Crippen molar-refractivity contribution in [3.8, 4) is 39.1 Å². The molecule has 2 heterocycles. The van der Waals surface area contributed by atoms with Crippen molar-refractivity contribution in [1.82, 2.24) is 0 Å². The van der Waals surface area contributed by atoms with Crippen LogP contribution in [-0.4, -0.2) is 6.10 Å². The number of anilines is 6. The summed E-state index contributed by atoms with van der Waals surface area (Å²) in [6.45, 7) is 0. The fourth-order valence-corrected chi connectivity index (χ4v) is 9.46. The highest BCUT2D eigenvalue weighted by Gasteiger charge is 2.35. The van der Waals surface area contributed by atoms with E-state index in [0.29, 0.717) is 0 Å². The first-order chi connectivity index (χ1) is 31.7. The molecule has 2 unspecified atom stereocenters. The van der Waals surface area contributed by atoms with E-state index in [0.717, 1.165) is 72.9 Å². The summed E-state index contributed by atoms with van der Waals surface area (Å²) in [7, 11) is 0. The van der Waals surface area contributed by atoms with Crippen LogP contribution in [0.4, 0.5) is 34.1 Å². The van der Waals surface area contributed by atoms with E-state index < -0.39 is 0 Å². The highest BCUT2D eigenvalue weighted by molar-refractivity contribution is 6.10. The molecule has 1 aliphatic carbocycles. The maximum Gasteiger partial charge on any atom is 0.159 e. The van der Waals surface area contributed by atoms with E-state index in [1.165, 1.54) is 27.8 Å². The Labute approximate surface area is 372 Å². The van der Waals surface area contributed by atoms with Gasteiger partial charge in [0.1, 0.15) is 17.4 Å². The van der Waals surface area contributed by atoms with Crippen molar-refractivity contribution in [1.29, 1.82) is 0 Å². The average molecular weight is 823 g/mol. The van der Waals surface area contributed by atoms with E-state index in [1.807, 2.05) is 12.1 Å². The second-order valence-electron chi connectivity index (χ2n) is 16.4. The Bertz CT molecular complexity index is 3330. The Hall–Kier alpha value is -8.34. The van der Waals surface area contributed by atoms with Gasteiger partial charge in [-0.1, -0.05) is 170 Å². The van der Waals surface area contributed by atoms with Gasteiger partial charge in [0.05, 0.1) is 11.4 Å². The van der Waals surface area contributed by atoms with Crippen LogP contribution in [0.15, 0.2) is 247 Å². The van der Waals surface area contributed by atoms with Crippen LogP contribution < -0.4 is 14.5 Å². The number of fused-ring (bicyclic) bond motifs is 6. The second-order valence-corrected chi connectivity index (χ2v) is 16.4. The molecule has 0 radical (unpaired) electrons. The lowest BCUT2D eigenvalue weighted by Crippen LogP contribution is -2.16. The Morgan fingerprint density at radius 2 is 0.781 bits per heavy atom. The van der Waals surface area contributed by atoms with E-state index in [9.17, 15) is 0 Å². The first-order valence-corrected chi connectivity index (χ1v) is 21.9. The fourth-order valence-electron chi connectivity index (χ4n) is 9.46. The predicted molar refractivity (Wildman–Crippen MR) is 265 cm³/mol. The van der Waals surface area contributed by atoms with E-state index in [2.05, 4.69) is 240 Å². The third-order valence-corrected chi connectivity index (χ3v) is 12.6. The molecule has 0 spiro atoms. The van der Waals surface area contributed by atoms with Gasteiger partial charge >= 0.3 is 0 Å². The molecular weight excluding hydrogens is 781 g/mol. The first-order valence-electron chi connectivity index (χ1n) is 21.9. The number of ether oxygens (including phenoxy) is 1. The minimum absolute atomic E-state index is 0.00925. The molecule has 304 valence electrons. The van der Waals surface area contributed by atoms with Gasteiger partial charge in [-0.2, -0.15) is 0 Å². The molecule has 1 aliphatic heterocycles. The van der Waals surface area contributed by atoms with Gasteiger partial charge in [-0.25, -0.2) is 0 Å². The molecule has 2 atom stereocenters. The number of rotatable bonds is 9. The lowest BCUT2D eigenvalue weighted by molar-refractivity contribution is 0.269. The lowest BCUT2D eigenvalue weighted by atomic mass is 9.92. The quantitative estimate of drug-likeness (QED) is 0.145. The van der Waals surface area contributed by atoms with Crippen LogP contribution in [0.25, 0.3) is 55.3 Å². The third-order valence-electron chi connectivity index (χ3n) is 12.6. The number of furan rings is 1. The number of para-hydroxylation sites is 3. The standard InChI is InChI=1S/C60H42N2O2/c1-3-13-41(14-4-1)43-25-33-47(34-26-43)61(55-21-11-19-53-51-17-7-9-23-57(51)63-59(53)55)49-37-29-45(30-38-49)46-31-39-50(40-32-46)62(48-35-27-44(28-36-48)42-15-5-2-6-16-42)56-22-12-20-54-52-18-8-10-24-58(52)64-60(54)56/h1-40,51,57H. The molecule has 0 amide bonds. The number of allylic oxidation sites excluding steroid dienone is 2. The van der Waals surface area contributed by atoms with Crippen LogP contribution in [0.5, 0.6) is 5.75 Å². The zero-order valence-electron chi connectivity index (χ0n) is 35.0. The summed E-state index contributed by atoms with van der Waals surface area (Å²) in [5, 5.41) is 2.20. The van der Waals surface area contributed by atoms with Crippen molar-refractivity contribution in [2.45, 2.75) is 12.0 Å². The molecule has 64 heavy (non-hydrogen) atoms. The van der Waals surface area contributed by atoms with E-state index in [-0.39, 0.29) is 12.0 Å². The lowest BCUT2D eigenvalue weighted by Gasteiger charge is -2.27. The maximum absolute atomic E-state index is 6.72. The van der Waals surface area contributed by atoms with Gasteiger partial charge in [-0.15, -0.1) is 0 Å². The van der Waals surface area contributed by atoms with Crippen LogP contribution in [0.2, 0.25) is 0 Å². The Morgan fingerprint density at radius 1 is 0.344 bits per heavy atom. The molecule has 0 saturated carbocycles. The van der Waals surface area contributed by atoms with E-state index in [4.69, 9.17) is 9.15 Å². The predicted octanol–water partition coefficient (Wildman–Crippen LogP) is 16.5. The van der Waals surface area contributed by atoms with Crippen molar-refractivity contribution in [2.75, 3.05) is 9.80 Å². The molecule has 2 aliphatic rings. The van der Waals surface area contributed by atoms with E-state index in [1.54, 1.807) is 0 Å². The molecular formula is C60H42N2O2. The van der Waals surface area contributed by atoms with Crippen LogP contribution in [-0.2, 0) is 0 Å². The molecule has 9 aromatic carbocycles. The van der Waals surface area contributed by atoms with Crippen molar-refractivity contribution in [2.24, 2.45) is 0 Å². The molecule has 4 heteroatoms. The highest BCUT2D eigenvalue weighted by atomic mass is 16.5. The Morgan fingerprint density at radius 3 is 1.34 bits per heavy atom. The number of nitrogens with zero attached hydrogens (tertiary/aromatic N) is 2. The fraction of sp³-hybridized carbons (Fsp3) is 0.0333. The monoisotopic (exact) mass is 822 g/mol. The average Bonchev–Trinajstić information content (AvgIpc) is 3.95. The topological polar surface area (TPSA) is 28.9 Å². The summed E-state index contributed by atoms with van der Waals surface area (Å²) >= 11 is 0. The number of benzene rings is 9. The van der Waals surface area contributed by atoms with Crippen LogP contribution in [0, 0.1) is 0 Å². The summed E-state index contributed by atoms with van der Waals surface area (Å²) in [6, 6.07) is 77.6. The molecule has 0 saturated heterocycles. The summed E-state index contributed by atoms with van der Waals surface area (Å²) in [5.41, 5.74) is 16.1. The SMILES string of the molecule is C1=CC2Oc3c(cccc3N(c3ccc(-c4ccccc4)cc3)c3ccc(-c4ccc(N(c5ccc(-c6ccccc6)cc5)c5cccc6c5oc5ccccc56)cc4)cc3)C2C=C1. The van der Waals surface area contributed by atoms with Gasteiger partial charge in [0.2, 0.25) is 0 Å². The molecule has 10 aromatic rings. The van der Waals surface area contributed by atoms with Crippen molar-refractivity contribution >= 4 is 56.1 Å². The van der Waals surface area contributed by atoms with Gasteiger partial charge < -0.3 is 19.0 Å². The Kier molecular flexibility index (Phi) is 9.27. The highest BCUT2D eigenvalue weighted by Crippen LogP contribution is 2.50. The summed E-state index contributed by atoms with van der Waals surface area (Å²) in [4.78, 5) is 4.63. The van der Waals surface area contributed by atoms with Gasteiger partial charge in [0.25, 0.3) is 0 Å². The van der Waals surface area contributed by atoms with Gasteiger partial charge in [-0.3, -0.25) is 0 Å². The molecule has 4 nitrogen and oxygen atoms in total. The minimum atomic E-state index is -0.00925. The van der Waals surface area contributed by atoms with Gasteiger partial charge in [0.15, 0.2) is 5.58 Å². The van der Waals surface area contributed by atoms with Gasteiger partial charge in [-0.05, 0) is 106 Å². The maximum atomic E-state index is 6.72. The summed E-state index contributed by atoms with van der Waals surface area (Å²) in [5.74, 6) is 1.13. The van der Waals surface area contributed by atoms with Gasteiger partial charge in [0, 0.05) is 45.0 Å². The summed E-state index contributed by atoms with van der Waals surface area (Å²) < 4.78 is 13.3. The normalized spacial score (nSPS) is 14.9. The number of hydrogen-bond donors (Lipinski definition) is 0. The number of hydrogen-bond acceptors (Lipinski definition) is 4. The first kappa shape index (κ1) is 37.4. The second kappa shape index (κ2) is 15.8. The third kappa shape index (κ3) is 6.64. The largest absolute Gasteiger partial charge is 0.483 e. The summed E-state index contributed by atoms with van der Waals surface area (Å²) in [6.07, 6.45) is 8.61. The molecule has 0 fully saturated rings. The molecule has 0 N–H and O–H groups in total. The van der Waals surface area contributed by atoms with Crippen LogP contribution in [0.1, 0.15) is 11.5 Å². The minimum Gasteiger partial charge on any atom is -0.483 e. The zero-order chi connectivity index (χ0) is 42.4. The van der Waals surface area contributed by atoms with Crippen molar-refractivity contribution < 1.29 is 9.15 Å². The zero-order valence-corrected chi connectivity index (χ0v) is 35.0. The van der Waals surface area contributed by atoms with Crippen LogP contribution in [0.3, 0.4) is 0 Å². The molecule has 12 rings (SSSR count). The molecule has 0 bridgehead atoms.